The summed E-state index contributed by atoms with van der Waals surface area (Å²) >= 11 is 0. The summed E-state index contributed by atoms with van der Waals surface area (Å²) in [6, 6.07) is 7.69. The van der Waals surface area contributed by atoms with Gasteiger partial charge in [0.05, 0.1) is 0 Å². The van der Waals surface area contributed by atoms with Crippen molar-refractivity contribution in [1.82, 2.24) is 0 Å². The van der Waals surface area contributed by atoms with E-state index in [2.05, 4.69) is 33.0 Å². The molecule has 0 heterocycles. The van der Waals surface area contributed by atoms with E-state index in [1.54, 1.807) is 0 Å². The normalized spacial score (nSPS) is 11.3. The van der Waals surface area contributed by atoms with Crippen molar-refractivity contribution in [2.75, 3.05) is 5.32 Å². The van der Waals surface area contributed by atoms with Gasteiger partial charge in [-0.05, 0) is 29.5 Å². The second kappa shape index (κ2) is 6.55. The van der Waals surface area contributed by atoms with E-state index in [9.17, 15) is 4.79 Å². The van der Waals surface area contributed by atoms with Crippen molar-refractivity contribution in [2.24, 2.45) is 23.5 Å². The average molecular weight is 248 g/mol. The molecule has 1 amide bonds. The van der Waals surface area contributed by atoms with Crippen LogP contribution in [-0.2, 0) is 11.3 Å². The van der Waals surface area contributed by atoms with Gasteiger partial charge in [0.2, 0.25) is 5.91 Å². The lowest BCUT2D eigenvalue weighted by Crippen LogP contribution is -2.31. The van der Waals surface area contributed by atoms with E-state index in [0.717, 1.165) is 11.3 Å². The monoisotopic (exact) mass is 248 g/mol. The van der Waals surface area contributed by atoms with Gasteiger partial charge in [-0.25, -0.2) is 0 Å². The van der Waals surface area contributed by atoms with Crippen molar-refractivity contribution in [3.63, 3.8) is 0 Å². The third-order valence-electron chi connectivity index (χ3n) is 3.17. The Hall–Kier alpha value is -1.35. The number of nitrogens with one attached hydrogen (secondary N) is 1. The minimum absolute atomic E-state index is 0.0338. The van der Waals surface area contributed by atoms with Crippen LogP contribution in [0.2, 0.25) is 0 Å². The SMILES string of the molecule is CC(C)C(C(=O)Nc1cccc(CN)c1)C(C)C. The maximum Gasteiger partial charge on any atom is 0.228 e. The zero-order chi connectivity index (χ0) is 13.7. The standard InChI is InChI=1S/C15H24N2O/c1-10(2)14(11(3)4)15(18)17-13-7-5-6-12(8-13)9-16/h5-8,10-11,14H,9,16H2,1-4H3,(H,17,18). The summed E-state index contributed by atoms with van der Waals surface area (Å²) in [5, 5.41) is 2.98. The Kier molecular flexibility index (Phi) is 5.35. The lowest BCUT2D eigenvalue weighted by Gasteiger charge is -2.23. The lowest BCUT2D eigenvalue weighted by molar-refractivity contribution is -0.122. The largest absolute Gasteiger partial charge is 0.326 e. The molecule has 100 valence electrons. The molecule has 0 bridgehead atoms. The third kappa shape index (κ3) is 3.84. The van der Waals surface area contributed by atoms with E-state index in [1.165, 1.54) is 0 Å². The molecule has 1 aromatic rings. The second-order valence-corrected chi connectivity index (χ2v) is 5.41. The fourth-order valence-electron chi connectivity index (χ4n) is 2.38. The van der Waals surface area contributed by atoms with E-state index in [-0.39, 0.29) is 11.8 Å². The Morgan fingerprint density at radius 2 is 1.83 bits per heavy atom. The Balaban J connectivity index is 2.79. The van der Waals surface area contributed by atoms with E-state index >= 15 is 0 Å². The van der Waals surface area contributed by atoms with Crippen LogP contribution in [0.4, 0.5) is 5.69 Å². The summed E-state index contributed by atoms with van der Waals surface area (Å²) < 4.78 is 0. The molecule has 0 aliphatic heterocycles. The molecule has 0 atom stereocenters. The number of rotatable bonds is 5. The molecule has 0 saturated heterocycles. The van der Waals surface area contributed by atoms with Gasteiger partial charge in [-0.3, -0.25) is 4.79 Å². The van der Waals surface area contributed by atoms with E-state index in [1.807, 2.05) is 24.3 Å². The van der Waals surface area contributed by atoms with E-state index in [4.69, 9.17) is 5.73 Å². The van der Waals surface area contributed by atoms with Crippen LogP contribution in [0.15, 0.2) is 24.3 Å². The van der Waals surface area contributed by atoms with E-state index < -0.39 is 0 Å². The Labute approximate surface area is 110 Å². The summed E-state index contributed by atoms with van der Waals surface area (Å²) in [7, 11) is 0. The van der Waals surface area contributed by atoms with E-state index in [0.29, 0.717) is 18.4 Å². The number of carbonyl (C=O) groups is 1. The van der Waals surface area contributed by atoms with Gasteiger partial charge in [-0.2, -0.15) is 0 Å². The summed E-state index contributed by atoms with van der Waals surface area (Å²) in [4.78, 5) is 12.3. The Morgan fingerprint density at radius 1 is 1.22 bits per heavy atom. The van der Waals surface area contributed by atoms with Crippen molar-refractivity contribution in [3.05, 3.63) is 29.8 Å². The number of benzene rings is 1. The first kappa shape index (κ1) is 14.7. The molecule has 3 heteroatoms. The second-order valence-electron chi connectivity index (χ2n) is 5.41. The minimum Gasteiger partial charge on any atom is -0.326 e. The molecule has 0 saturated carbocycles. The number of amides is 1. The molecular formula is C15H24N2O. The van der Waals surface area contributed by atoms with Crippen molar-refractivity contribution < 1.29 is 4.79 Å². The fraction of sp³-hybridized carbons (Fsp3) is 0.533. The predicted octanol–water partition coefficient (Wildman–Crippen LogP) is 3.01. The van der Waals surface area contributed by atoms with Gasteiger partial charge in [0.1, 0.15) is 0 Å². The van der Waals surface area contributed by atoms with Crippen LogP contribution in [0.1, 0.15) is 33.3 Å². The quantitative estimate of drug-likeness (QED) is 0.841. The minimum atomic E-state index is 0.0338. The Bertz CT molecular complexity index is 391. The van der Waals surface area contributed by atoms with Crippen LogP contribution < -0.4 is 11.1 Å². The number of anilines is 1. The van der Waals surface area contributed by atoms with Gasteiger partial charge in [-0.15, -0.1) is 0 Å². The van der Waals surface area contributed by atoms with Gasteiger partial charge < -0.3 is 11.1 Å². The summed E-state index contributed by atoms with van der Waals surface area (Å²) in [6.07, 6.45) is 0. The van der Waals surface area contributed by atoms with Crippen LogP contribution in [0, 0.1) is 17.8 Å². The number of hydrogen-bond acceptors (Lipinski definition) is 2. The molecule has 0 aliphatic carbocycles. The number of carbonyl (C=O) groups excluding carboxylic acids is 1. The number of hydrogen-bond donors (Lipinski definition) is 2. The van der Waals surface area contributed by atoms with Crippen molar-refractivity contribution >= 4 is 11.6 Å². The van der Waals surface area contributed by atoms with Crippen LogP contribution in [0.5, 0.6) is 0 Å². The smallest absolute Gasteiger partial charge is 0.228 e. The molecule has 0 spiro atoms. The van der Waals surface area contributed by atoms with Crippen LogP contribution in [0.25, 0.3) is 0 Å². The van der Waals surface area contributed by atoms with Crippen molar-refractivity contribution in [2.45, 2.75) is 34.2 Å². The molecule has 0 aliphatic rings. The van der Waals surface area contributed by atoms with Gasteiger partial charge in [0.15, 0.2) is 0 Å². The first-order valence-corrected chi connectivity index (χ1v) is 6.55. The van der Waals surface area contributed by atoms with Gasteiger partial charge in [-0.1, -0.05) is 39.8 Å². The maximum absolute atomic E-state index is 12.3. The van der Waals surface area contributed by atoms with Crippen LogP contribution in [0.3, 0.4) is 0 Å². The highest BCUT2D eigenvalue weighted by molar-refractivity contribution is 5.92. The van der Waals surface area contributed by atoms with Gasteiger partial charge in [0, 0.05) is 18.2 Å². The Morgan fingerprint density at radius 3 is 2.33 bits per heavy atom. The topological polar surface area (TPSA) is 55.1 Å². The zero-order valence-corrected chi connectivity index (χ0v) is 11.7. The first-order chi connectivity index (χ1) is 8.45. The zero-order valence-electron chi connectivity index (χ0n) is 11.7. The highest BCUT2D eigenvalue weighted by Gasteiger charge is 2.25. The molecule has 0 radical (unpaired) electrons. The van der Waals surface area contributed by atoms with Gasteiger partial charge in [0.25, 0.3) is 0 Å². The van der Waals surface area contributed by atoms with Gasteiger partial charge >= 0.3 is 0 Å². The predicted molar refractivity (Wildman–Crippen MR) is 76.1 cm³/mol. The molecule has 3 N–H and O–H groups in total. The van der Waals surface area contributed by atoms with Crippen molar-refractivity contribution in [3.8, 4) is 0 Å². The highest BCUT2D eigenvalue weighted by Crippen LogP contribution is 2.22. The number of nitrogens with two attached hydrogens (primary N) is 1. The lowest BCUT2D eigenvalue weighted by atomic mass is 9.85. The van der Waals surface area contributed by atoms with Crippen LogP contribution in [-0.4, -0.2) is 5.91 Å². The summed E-state index contributed by atoms with van der Waals surface area (Å²) in [6.45, 7) is 8.82. The molecule has 0 fully saturated rings. The average Bonchev–Trinajstić information content (AvgIpc) is 2.28. The molecular weight excluding hydrogens is 224 g/mol. The first-order valence-electron chi connectivity index (χ1n) is 6.55. The molecule has 0 aromatic heterocycles. The highest BCUT2D eigenvalue weighted by atomic mass is 16.1. The van der Waals surface area contributed by atoms with Crippen molar-refractivity contribution in [1.29, 1.82) is 0 Å². The fourth-order valence-corrected chi connectivity index (χ4v) is 2.38. The molecule has 18 heavy (non-hydrogen) atoms. The summed E-state index contributed by atoms with van der Waals surface area (Å²) in [5.41, 5.74) is 7.45. The summed E-state index contributed by atoms with van der Waals surface area (Å²) in [5.74, 6) is 0.797. The van der Waals surface area contributed by atoms with Crippen LogP contribution >= 0.6 is 0 Å². The molecule has 1 aromatic carbocycles. The third-order valence-corrected chi connectivity index (χ3v) is 3.17. The molecule has 0 unspecified atom stereocenters. The maximum atomic E-state index is 12.3. The molecule has 3 nitrogen and oxygen atoms in total. The molecule has 1 rings (SSSR count).